The van der Waals surface area contributed by atoms with Gasteiger partial charge in [-0.05, 0) is 43.9 Å². The number of carbonyl (C=O) groups excluding carboxylic acids is 1. The standard InChI is InChI=1S/C12H15NOS/c1-8-5-6-10(15)7-11(8)12(14)13-9-3-2-4-9/h5-7,9,15H,2-4H2,1H3,(H,13,14). The summed E-state index contributed by atoms with van der Waals surface area (Å²) in [6, 6.07) is 6.05. The van der Waals surface area contributed by atoms with E-state index in [1.165, 1.54) is 6.42 Å². The number of hydrogen-bond acceptors (Lipinski definition) is 2. The molecule has 0 spiro atoms. The minimum absolute atomic E-state index is 0.0353. The summed E-state index contributed by atoms with van der Waals surface area (Å²) in [4.78, 5) is 12.7. The Hall–Kier alpha value is -0.960. The maximum atomic E-state index is 11.9. The highest BCUT2D eigenvalue weighted by Crippen LogP contribution is 2.20. The van der Waals surface area contributed by atoms with Crippen molar-refractivity contribution in [2.75, 3.05) is 0 Å². The first-order chi connectivity index (χ1) is 7.16. The summed E-state index contributed by atoms with van der Waals surface area (Å²) >= 11 is 4.24. The number of amides is 1. The second kappa shape index (κ2) is 4.27. The average molecular weight is 221 g/mol. The molecule has 0 bridgehead atoms. The fraction of sp³-hybridized carbons (Fsp3) is 0.417. The number of hydrogen-bond donors (Lipinski definition) is 2. The van der Waals surface area contributed by atoms with Crippen LogP contribution in [0.5, 0.6) is 0 Å². The fourth-order valence-corrected chi connectivity index (χ4v) is 1.87. The third-order valence-corrected chi connectivity index (χ3v) is 3.18. The van der Waals surface area contributed by atoms with Crippen molar-refractivity contribution in [3.8, 4) is 0 Å². The molecule has 15 heavy (non-hydrogen) atoms. The first kappa shape index (κ1) is 10.6. The lowest BCUT2D eigenvalue weighted by Gasteiger charge is -2.26. The Balaban J connectivity index is 2.12. The topological polar surface area (TPSA) is 29.1 Å². The van der Waals surface area contributed by atoms with Crippen LogP contribution < -0.4 is 5.32 Å². The Morgan fingerprint density at radius 1 is 1.47 bits per heavy atom. The van der Waals surface area contributed by atoms with Crippen LogP contribution in [-0.4, -0.2) is 11.9 Å². The van der Waals surface area contributed by atoms with E-state index in [2.05, 4.69) is 17.9 Å². The van der Waals surface area contributed by atoms with Gasteiger partial charge in [0.25, 0.3) is 5.91 Å². The van der Waals surface area contributed by atoms with E-state index in [1.54, 1.807) is 0 Å². The smallest absolute Gasteiger partial charge is 0.251 e. The van der Waals surface area contributed by atoms with Gasteiger partial charge in [0.1, 0.15) is 0 Å². The quantitative estimate of drug-likeness (QED) is 0.738. The van der Waals surface area contributed by atoms with Crippen LogP contribution in [0.15, 0.2) is 23.1 Å². The van der Waals surface area contributed by atoms with Crippen LogP contribution in [-0.2, 0) is 0 Å². The number of nitrogens with one attached hydrogen (secondary N) is 1. The molecule has 1 aromatic carbocycles. The van der Waals surface area contributed by atoms with Gasteiger partial charge in [-0.1, -0.05) is 6.07 Å². The molecule has 1 aliphatic carbocycles. The van der Waals surface area contributed by atoms with E-state index >= 15 is 0 Å². The molecule has 0 atom stereocenters. The van der Waals surface area contributed by atoms with E-state index in [1.807, 2.05) is 25.1 Å². The molecule has 1 saturated carbocycles. The van der Waals surface area contributed by atoms with Crippen molar-refractivity contribution in [1.29, 1.82) is 0 Å². The lowest BCUT2D eigenvalue weighted by atomic mass is 9.92. The maximum Gasteiger partial charge on any atom is 0.251 e. The summed E-state index contributed by atoms with van der Waals surface area (Å²) in [6.07, 6.45) is 3.47. The van der Waals surface area contributed by atoms with Crippen molar-refractivity contribution >= 4 is 18.5 Å². The minimum Gasteiger partial charge on any atom is -0.349 e. The van der Waals surface area contributed by atoms with Gasteiger partial charge in [-0.2, -0.15) is 0 Å². The monoisotopic (exact) mass is 221 g/mol. The third-order valence-electron chi connectivity index (χ3n) is 2.91. The van der Waals surface area contributed by atoms with E-state index in [4.69, 9.17) is 0 Å². The van der Waals surface area contributed by atoms with E-state index in [0.717, 1.165) is 28.9 Å². The second-order valence-electron chi connectivity index (χ2n) is 4.10. The van der Waals surface area contributed by atoms with Gasteiger partial charge < -0.3 is 5.32 Å². The molecular formula is C12H15NOS. The number of aryl methyl sites for hydroxylation is 1. The summed E-state index contributed by atoms with van der Waals surface area (Å²) < 4.78 is 0. The zero-order valence-electron chi connectivity index (χ0n) is 8.79. The van der Waals surface area contributed by atoms with Crippen LogP contribution in [0, 0.1) is 6.92 Å². The highest BCUT2D eigenvalue weighted by Gasteiger charge is 2.20. The Kier molecular flexibility index (Phi) is 3.00. The molecule has 0 saturated heterocycles. The van der Waals surface area contributed by atoms with E-state index < -0.39 is 0 Å². The van der Waals surface area contributed by atoms with Gasteiger partial charge in [0.15, 0.2) is 0 Å². The van der Waals surface area contributed by atoms with E-state index in [-0.39, 0.29) is 5.91 Å². The average Bonchev–Trinajstić information content (AvgIpc) is 2.15. The third kappa shape index (κ3) is 2.34. The largest absolute Gasteiger partial charge is 0.349 e. The van der Waals surface area contributed by atoms with Gasteiger partial charge in [0.05, 0.1) is 0 Å². The van der Waals surface area contributed by atoms with E-state index in [0.29, 0.717) is 6.04 Å². The number of carbonyl (C=O) groups is 1. The predicted molar refractivity (Wildman–Crippen MR) is 63.5 cm³/mol. The molecule has 0 radical (unpaired) electrons. The summed E-state index contributed by atoms with van der Waals surface area (Å²) in [6.45, 7) is 1.95. The first-order valence-electron chi connectivity index (χ1n) is 5.27. The SMILES string of the molecule is Cc1ccc(S)cc1C(=O)NC1CCC1. The molecule has 3 heteroatoms. The van der Waals surface area contributed by atoms with Gasteiger partial charge in [0.2, 0.25) is 0 Å². The van der Waals surface area contributed by atoms with Crippen molar-refractivity contribution in [3.63, 3.8) is 0 Å². The molecule has 0 aliphatic heterocycles. The highest BCUT2D eigenvalue weighted by atomic mass is 32.1. The lowest BCUT2D eigenvalue weighted by Crippen LogP contribution is -2.39. The maximum absolute atomic E-state index is 11.9. The molecule has 1 aromatic rings. The van der Waals surface area contributed by atoms with Gasteiger partial charge >= 0.3 is 0 Å². The molecule has 80 valence electrons. The van der Waals surface area contributed by atoms with E-state index in [9.17, 15) is 4.79 Å². The van der Waals surface area contributed by atoms with Crippen LogP contribution in [0.4, 0.5) is 0 Å². The zero-order valence-corrected chi connectivity index (χ0v) is 9.68. The van der Waals surface area contributed by atoms with Crippen LogP contribution in [0.2, 0.25) is 0 Å². The zero-order chi connectivity index (χ0) is 10.8. The Labute approximate surface area is 95.5 Å². The van der Waals surface area contributed by atoms with Crippen molar-refractivity contribution in [1.82, 2.24) is 5.32 Å². The molecule has 2 nitrogen and oxygen atoms in total. The lowest BCUT2D eigenvalue weighted by molar-refractivity contribution is 0.0916. The van der Waals surface area contributed by atoms with Crippen molar-refractivity contribution < 1.29 is 4.79 Å². The van der Waals surface area contributed by atoms with Gasteiger partial charge in [0, 0.05) is 16.5 Å². The number of benzene rings is 1. The Morgan fingerprint density at radius 2 is 2.20 bits per heavy atom. The van der Waals surface area contributed by atoms with Crippen LogP contribution in [0.25, 0.3) is 0 Å². The Bertz CT molecular complexity index is 385. The van der Waals surface area contributed by atoms with Gasteiger partial charge in [-0.3, -0.25) is 4.79 Å². The molecule has 0 unspecified atom stereocenters. The first-order valence-corrected chi connectivity index (χ1v) is 5.72. The van der Waals surface area contributed by atoms with Crippen LogP contribution in [0.3, 0.4) is 0 Å². The molecule has 2 rings (SSSR count). The summed E-state index contributed by atoms with van der Waals surface area (Å²) in [7, 11) is 0. The van der Waals surface area contributed by atoms with Crippen molar-refractivity contribution in [3.05, 3.63) is 29.3 Å². The van der Waals surface area contributed by atoms with Gasteiger partial charge in [-0.25, -0.2) is 0 Å². The predicted octanol–water partition coefficient (Wildman–Crippen LogP) is 2.57. The summed E-state index contributed by atoms with van der Waals surface area (Å²) in [5.74, 6) is 0.0353. The summed E-state index contributed by atoms with van der Waals surface area (Å²) in [5.41, 5.74) is 1.75. The minimum atomic E-state index is 0.0353. The van der Waals surface area contributed by atoms with Crippen LogP contribution >= 0.6 is 12.6 Å². The molecule has 1 fully saturated rings. The molecule has 0 aromatic heterocycles. The molecule has 0 heterocycles. The number of rotatable bonds is 2. The molecule has 1 amide bonds. The fourth-order valence-electron chi connectivity index (χ4n) is 1.67. The highest BCUT2D eigenvalue weighted by molar-refractivity contribution is 7.80. The summed E-state index contributed by atoms with van der Waals surface area (Å²) in [5, 5.41) is 3.03. The number of thiol groups is 1. The normalized spacial score (nSPS) is 15.9. The molecule has 1 aliphatic rings. The van der Waals surface area contributed by atoms with Crippen molar-refractivity contribution in [2.45, 2.75) is 37.1 Å². The van der Waals surface area contributed by atoms with Crippen molar-refractivity contribution in [2.24, 2.45) is 0 Å². The molecule has 1 N–H and O–H groups in total. The Morgan fingerprint density at radius 3 is 2.80 bits per heavy atom. The van der Waals surface area contributed by atoms with Gasteiger partial charge in [-0.15, -0.1) is 12.6 Å². The van der Waals surface area contributed by atoms with Crippen LogP contribution in [0.1, 0.15) is 35.2 Å². The second-order valence-corrected chi connectivity index (χ2v) is 4.62. The molecular weight excluding hydrogens is 206 g/mol.